The maximum atomic E-state index is 12.5. The Morgan fingerprint density at radius 3 is 2.65 bits per heavy atom. The SMILES string of the molecule is CCNc1ncc(S(=O)(=O)N2CCC(O)C(C)C2)cn1. The van der Waals surface area contributed by atoms with Gasteiger partial charge in [0, 0.05) is 19.6 Å². The first-order valence-electron chi connectivity index (χ1n) is 6.69. The summed E-state index contributed by atoms with van der Waals surface area (Å²) in [6.07, 6.45) is 2.65. The molecule has 0 saturated carbocycles. The van der Waals surface area contributed by atoms with Crippen molar-refractivity contribution in [1.29, 1.82) is 0 Å². The summed E-state index contributed by atoms with van der Waals surface area (Å²) in [6, 6.07) is 0. The van der Waals surface area contributed by atoms with Gasteiger partial charge in [0.25, 0.3) is 0 Å². The molecule has 1 aliphatic heterocycles. The van der Waals surface area contributed by atoms with E-state index in [0.29, 0.717) is 32.0 Å². The van der Waals surface area contributed by atoms with Gasteiger partial charge in [0.1, 0.15) is 4.90 Å². The van der Waals surface area contributed by atoms with Crippen molar-refractivity contribution in [2.24, 2.45) is 5.92 Å². The van der Waals surface area contributed by atoms with Crippen molar-refractivity contribution in [3.63, 3.8) is 0 Å². The molecule has 8 heteroatoms. The monoisotopic (exact) mass is 300 g/mol. The molecule has 2 unspecified atom stereocenters. The molecule has 2 rings (SSSR count). The van der Waals surface area contributed by atoms with E-state index < -0.39 is 16.1 Å². The molecule has 0 spiro atoms. The van der Waals surface area contributed by atoms with E-state index in [1.54, 1.807) is 0 Å². The number of aliphatic hydroxyl groups is 1. The van der Waals surface area contributed by atoms with Crippen LogP contribution in [0.1, 0.15) is 20.3 Å². The summed E-state index contributed by atoms with van der Waals surface area (Å²) in [5.41, 5.74) is 0. The van der Waals surface area contributed by atoms with E-state index >= 15 is 0 Å². The normalized spacial score (nSPS) is 24.6. The van der Waals surface area contributed by atoms with Crippen LogP contribution in [-0.2, 0) is 10.0 Å². The maximum Gasteiger partial charge on any atom is 0.246 e. The minimum absolute atomic E-state index is 0.0690. The second-order valence-corrected chi connectivity index (χ2v) is 6.91. The van der Waals surface area contributed by atoms with Crippen molar-refractivity contribution in [3.05, 3.63) is 12.4 Å². The van der Waals surface area contributed by atoms with Crippen molar-refractivity contribution in [2.75, 3.05) is 25.0 Å². The molecule has 2 atom stereocenters. The van der Waals surface area contributed by atoms with E-state index in [2.05, 4.69) is 15.3 Å². The molecule has 7 nitrogen and oxygen atoms in total. The van der Waals surface area contributed by atoms with Gasteiger partial charge in [0.15, 0.2) is 0 Å². The highest BCUT2D eigenvalue weighted by Gasteiger charge is 2.32. The number of anilines is 1. The van der Waals surface area contributed by atoms with E-state index in [-0.39, 0.29) is 10.8 Å². The van der Waals surface area contributed by atoms with Crippen LogP contribution in [0.3, 0.4) is 0 Å². The zero-order chi connectivity index (χ0) is 14.8. The lowest BCUT2D eigenvalue weighted by atomic mass is 9.99. The van der Waals surface area contributed by atoms with Crippen molar-refractivity contribution in [1.82, 2.24) is 14.3 Å². The third-order valence-corrected chi connectivity index (χ3v) is 5.24. The van der Waals surface area contributed by atoms with Gasteiger partial charge in [-0.05, 0) is 19.3 Å². The lowest BCUT2D eigenvalue weighted by molar-refractivity contribution is 0.0628. The topological polar surface area (TPSA) is 95.4 Å². The van der Waals surface area contributed by atoms with Crippen LogP contribution in [0, 0.1) is 5.92 Å². The van der Waals surface area contributed by atoms with Crippen LogP contribution in [-0.4, -0.2) is 53.5 Å². The van der Waals surface area contributed by atoms with E-state index in [4.69, 9.17) is 0 Å². The van der Waals surface area contributed by atoms with Crippen LogP contribution in [0.15, 0.2) is 17.3 Å². The first-order chi connectivity index (χ1) is 9.45. The Bertz CT molecular complexity index is 546. The fraction of sp³-hybridized carbons (Fsp3) is 0.667. The second-order valence-electron chi connectivity index (χ2n) is 4.97. The summed E-state index contributed by atoms with van der Waals surface area (Å²) < 4.78 is 26.3. The molecule has 1 aliphatic rings. The van der Waals surface area contributed by atoms with Gasteiger partial charge in [0.2, 0.25) is 16.0 Å². The molecule has 1 fully saturated rings. The Balaban J connectivity index is 2.17. The van der Waals surface area contributed by atoms with Crippen molar-refractivity contribution >= 4 is 16.0 Å². The molecular weight excluding hydrogens is 280 g/mol. The molecule has 0 amide bonds. The van der Waals surface area contributed by atoms with Gasteiger partial charge in [-0.2, -0.15) is 4.31 Å². The van der Waals surface area contributed by atoms with Gasteiger partial charge in [-0.25, -0.2) is 18.4 Å². The number of hydrogen-bond acceptors (Lipinski definition) is 6. The Morgan fingerprint density at radius 1 is 1.45 bits per heavy atom. The number of hydrogen-bond donors (Lipinski definition) is 2. The van der Waals surface area contributed by atoms with Gasteiger partial charge >= 0.3 is 0 Å². The first kappa shape index (κ1) is 15.1. The Labute approximate surface area is 119 Å². The number of nitrogens with one attached hydrogen (secondary N) is 1. The Morgan fingerprint density at radius 2 is 2.10 bits per heavy atom. The standard InChI is InChI=1S/C12H20N4O3S/c1-3-13-12-14-6-10(7-15-12)20(18,19)16-5-4-11(17)9(2)8-16/h6-7,9,11,17H,3-5,8H2,1-2H3,(H,13,14,15). The van der Waals surface area contributed by atoms with E-state index in [9.17, 15) is 13.5 Å². The zero-order valence-corrected chi connectivity index (χ0v) is 12.5. The van der Waals surface area contributed by atoms with Crippen LogP contribution < -0.4 is 5.32 Å². The molecular formula is C12H20N4O3S. The highest BCUT2D eigenvalue weighted by Crippen LogP contribution is 2.23. The van der Waals surface area contributed by atoms with Gasteiger partial charge < -0.3 is 10.4 Å². The molecule has 0 aromatic carbocycles. The van der Waals surface area contributed by atoms with Gasteiger partial charge in [-0.15, -0.1) is 0 Å². The predicted molar refractivity (Wildman–Crippen MR) is 74.7 cm³/mol. The fourth-order valence-electron chi connectivity index (χ4n) is 2.16. The second kappa shape index (κ2) is 6.02. The fourth-order valence-corrected chi connectivity index (χ4v) is 3.61. The molecule has 20 heavy (non-hydrogen) atoms. The maximum absolute atomic E-state index is 12.5. The largest absolute Gasteiger partial charge is 0.393 e. The zero-order valence-electron chi connectivity index (χ0n) is 11.7. The van der Waals surface area contributed by atoms with E-state index in [1.165, 1.54) is 16.7 Å². The molecule has 2 N–H and O–H groups in total. The molecule has 1 aromatic heterocycles. The number of rotatable bonds is 4. The predicted octanol–water partition coefficient (Wildman–Crippen LogP) is 0.300. The van der Waals surface area contributed by atoms with Crippen LogP contribution in [0.2, 0.25) is 0 Å². The first-order valence-corrected chi connectivity index (χ1v) is 8.13. The average Bonchev–Trinajstić information content (AvgIpc) is 2.43. The summed E-state index contributed by atoms with van der Waals surface area (Å²) in [5, 5.41) is 12.6. The van der Waals surface area contributed by atoms with Crippen molar-refractivity contribution in [2.45, 2.75) is 31.3 Å². The summed E-state index contributed by atoms with van der Waals surface area (Å²) in [5.74, 6) is 0.342. The lowest BCUT2D eigenvalue weighted by Gasteiger charge is -2.33. The van der Waals surface area contributed by atoms with Crippen LogP contribution >= 0.6 is 0 Å². The summed E-state index contributed by atoms with van der Waals surface area (Å²) in [7, 11) is -3.58. The number of aromatic nitrogens is 2. The highest BCUT2D eigenvalue weighted by atomic mass is 32.2. The molecule has 112 valence electrons. The summed E-state index contributed by atoms with van der Waals surface area (Å²) in [6.45, 7) is 5.07. The van der Waals surface area contributed by atoms with Crippen LogP contribution in [0.25, 0.3) is 0 Å². The molecule has 2 heterocycles. The lowest BCUT2D eigenvalue weighted by Crippen LogP contribution is -2.44. The summed E-state index contributed by atoms with van der Waals surface area (Å²) >= 11 is 0. The molecule has 1 aromatic rings. The molecule has 0 aliphatic carbocycles. The number of piperidine rings is 1. The van der Waals surface area contributed by atoms with Crippen LogP contribution in [0.5, 0.6) is 0 Å². The minimum Gasteiger partial charge on any atom is -0.393 e. The average molecular weight is 300 g/mol. The summed E-state index contributed by atoms with van der Waals surface area (Å²) in [4.78, 5) is 8.06. The van der Waals surface area contributed by atoms with E-state index in [1.807, 2.05) is 13.8 Å². The number of sulfonamides is 1. The Hall–Kier alpha value is -1.25. The highest BCUT2D eigenvalue weighted by molar-refractivity contribution is 7.89. The number of aliphatic hydroxyl groups excluding tert-OH is 1. The molecule has 0 radical (unpaired) electrons. The third-order valence-electron chi connectivity index (χ3n) is 3.42. The van der Waals surface area contributed by atoms with Crippen LogP contribution in [0.4, 0.5) is 5.95 Å². The van der Waals surface area contributed by atoms with Gasteiger partial charge in [0.05, 0.1) is 18.5 Å². The number of nitrogens with zero attached hydrogens (tertiary/aromatic N) is 3. The van der Waals surface area contributed by atoms with E-state index in [0.717, 1.165) is 0 Å². The molecule has 0 bridgehead atoms. The smallest absolute Gasteiger partial charge is 0.246 e. The molecule has 1 saturated heterocycles. The Kier molecular flexibility index (Phi) is 4.56. The van der Waals surface area contributed by atoms with Crippen molar-refractivity contribution in [3.8, 4) is 0 Å². The van der Waals surface area contributed by atoms with Gasteiger partial charge in [-0.3, -0.25) is 0 Å². The van der Waals surface area contributed by atoms with Crippen molar-refractivity contribution < 1.29 is 13.5 Å². The minimum atomic E-state index is -3.58. The third kappa shape index (κ3) is 3.08. The quantitative estimate of drug-likeness (QED) is 0.830. The van der Waals surface area contributed by atoms with Gasteiger partial charge in [-0.1, -0.05) is 6.92 Å².